The van der Waals surface area contributed by atoms with Gasteiger partial charge in [-0.2, -0.15) is 0 Å². The van der Waals surface area contributed by atoms with Crippen molar-refractivity contribution in [3.05, 3.63) is 33.4 Å². The number of halogens is 1. The number of ketones is 1. The Morgan fingerprint density at radius 3 is 2.68 bits per heavy atom. The first-order valence-electron chi connectivity index (χ1n) is 6.36. The second-order valence-corrected chi connectivity index (χ2v) is 8.76. The van der Waals surface area contributed by atoms with E-state index < -0.39 is 9.84 Å². The van der Waals surface area contributed by atoms with E-state index in [9.17, 15) is 13.2 Å². The fourth-order valence-electron chi connectivity index (χ4n) is 2.65. The molecule has 2 unspecified atom stereocenters. The molecular formula is C14H17IO3S. The van der Waals surface area contributed by atoms with Gasteiger partial charge in [0.25, 0.3) is 0 Å². The standard InChI is InChI=1S/C14H17IO3S/c1-19(17,18)13-7-3-5-11(9-13)14(16)10-4-2-6-12(15)8-10/h2,4,6,8,11,13H,3,5,7,9H2,1H3. The lowest BCUT2D eigenvalue weighted by Crippen LogP contribution is -2.31. The van der Waals surface area contributed by atoms with Crippen molar-refractivity contribution in [2.45, 2.75) is 30.9 Å². The van der Waals surface area contributed by atoms with Crippen molar-refractivity contribution in [3.63, 3.8) is 0 Å². The van der Waals surface area contributed by atoms with Crippen LogP contribution >= 0.6 is 22.6 Å². The second-order valence-electron chi connectivity index (χ2n) is 5.19. The molecule has 19 heavy (non-hydrogen) atoms. The van der Waals surface area contributed by atoms with Crippen LogP contribution in [0.15, 0.2) is 24.3 Å². The predicted octanol–water partition coefficient (Wildman–Crippen LogP) is 3.08. The molecule has 1 aromatic rings. The van der Waals surface area contributed by atoms with Crippen LogP contribution in [-0.4, -0.2) is 25.7 Å². The molecule has 0 aliphatic heterocycles. The minimum Gasteiger partial charge on any atom is -0.294 e. The van der Waals surface area contributed by atoms with Gasteiger partial charge < -0.3 is 0 Å². The first kappa shape index (κ1) is 15.0. The van der Waals surface area contributed by atoms with Gasteiger partial charge in [-0.15, -0.1) is 0 Å². The Bertz CT molecular complexity index is 580. The van der Waals surface area contributed by atoms with E-state index in [4.69, 9.17) is 0 Å². The smallest absolute Gasteiger partial charge is 0.166 e. The Morgan fingerprint density at radius 1 is 1.32 bits per heavy atom. The molecule has 1 fully saturated rings. The van der Waals surface area contributed by atoms with Crippen LogP contribution in [0.3, 0.4) is 0 Å². The van der Waals surface area contributed by atoms with E-state index in [0.717, 1.165) is 16.4 Å². The van der Waals surface area contributed by atoms with Crippen molar-refractivity contribution in [2.75, 3.05) is 6.26 Å². The topological polar surface area (TPSA) is 51.2 Å². The van der Waals surface area contributed by atoms with Gasteiger partial charge in [0.15, 0.2) is 5.78 Å². The molecule has 2 atom stereocenters. The number of carbonyl (C=O) groups excluding carboxylic acids is 1. The average molecular weight is 392 g/mol. The number of rotatable bonds is 3. The fourth-order valence-corrected chi connectivity index (χ4v) is 4.37. The lowest BCUT2D eigenvalue weighted by molar-refractivity contribution is 0.0891. The van der Waals surface area contributed by atoms with Crippen molar-refractivity contribution < 1.29 is 13.2 Å². The molecule has 0 heterocycles. The molecule has 104 valence electrons. The van der Waals surface area contributed by atoms with E-state index in [2.05, 4.69) is 22.6 Å². The molecule has 0 N–H and O–H groups in total. The van der Waals surface area contributed by atoms with Crippen LogP contribution in [-0.2, 0) is 9.84 Å². The summed E-state index contributed by atoms with van der Waals surface area (Å²) in [5.74, 6) is -0.0569. The summed E-state index contributed by atoms with van der Waals surface area (Å²) < 4.78 is 24.3. The average Bonchev–Trinajstić information content (AvgIpc) is 2.37. The van der Waals surface area contributed by atoms with E-state index in [1.165, 1.54) is 6.26 Å². The normalized spacial score (nSPS) is 24.1. The molecule has 1 aliphatic carbocycles. The van der Waals surface area contributed by atoms with Crippen molar-refractivity contribution in [3.8, 4) is 0 Å². The quantitative estimate of drug-likeness (QED) is 0.587. The minimum atomic E-state index is -3.04. The highest BCUT2D eigenvalue weighted by Gasteiger charge is 2.32. The van der Waals surface area contributed by atoms with Crippen LogP contribution in [0.5, 0.6) is 0 Å². The highest BCUT2D eigenvalue weighted by atomic mass is 127. The lowest BCUT2D eigenvalue weighted by Gasteiger charge is -2.27. The van der Waals surface area contributed by atoms with Crippen LogP contribution in [0.4, 0.5) is 0 Å². The summed E-state index contributed by atoms with van der Waals surface area (Å²) in [5, 5.41) is -0.349. The summed E-state index contributed by atoms with van der Waals surface area (Å²) >= 11 is 2.18. The van der Waals surface area contributed by atoms with Crippen LogP contribution in [0, 0.1) is 9.49 Å². The minimum absolute atomic E-state index is 0.0897. The maximum atomic E-state index is 12.4. The zero-order chi connectivity index (χ0) is 14.0. The maximum Gasteiger partial charge on any atom is 0.166 e. The summed E-state index contributed by atoms with van der Waals surface area (Å²) in [4.78, 5) is 12.4. The number of Topliss-reactive ketones (excluding diaryl/α,β-unsaturated/α-hetero) is 1. The number of carbonyl (C=O) groups is 1. The Morgan fingerprint density at radius 2 is 2.05 bits per heavy atom. The predicted molar refractivity (Wildman–Crippen MR) is 84.1 cm³/mol. The van der Waals surface area contributed by atoms with Gasteiger partial charge in [-0.25, -0.2) is 8.42 Å². The number of hydrogen-bond acceptors (Lipinski definition) is 3. The molecule has 5 heteroatoms. The SMILES string of the molecule is CS(=O)(=O)C1CCCC(C(=O)c2cccc(I)c2)C1. The molecule has 0 aromatic heterocycles. The molecular weight excluding hydrogens is 375 g/mol. The largest absolute Gasteiger partial charge is 0.294 e. The Hall–Kier alpha value is -0.430. The summed E-state index contributed by atoms with van der Waals surface area (Å²) in [7, 11) is -3.04. The zero-order valence-electron chi connectivity index (χ0n) is 10.8. The van der Waals surface area contributed by atoms with Gasteiger partial charge in [-0.1, -0.05) is 18.6 Å². The van der Waals surface area contributed by atoms with Crippen molar-refractivity contribution in [1.82, 2.24) is 0 Å². The molecule has 2 rings (SSSR count). The van der Waals surface area contributed by atoms with Gasteiger partial charge >= 0.3 is 0 Å². The Labute approximate surface area is 127 Å². The van der Waals surface area contributed by atoms with E-state index in [0.29, 0.717) is 18.4 Å². The maximum absolute atomic E-state index is 12.4. The lowest BCUT2D eigenvalue weighted by atomic mass is 9.83. The van der Waals surface area contributed by atoms with Crippen LogP contribution in [0.25, 0.3) is 0 Å². The monoisotopic (exact) mass is 392 g/mol. The molecule has 0 spiro atoms. The third-order valence-corrected chi connectivity index (χ3v) is 6.02. The highest BCUT2D eigenvalue weighted by molar-refractivity contribution is 14.1. The number of sulfone groups is 1. The third-order valence-electron chi connectivity index (χ3n) is 3.71. The van der Waals surface area contributed by atoms with Gasteiger partial charge in [-0.3, -0.25) is 4.79 Å². The molecule has 3 nitrogen and oxygen atoms in total. The number of hydrogen-bond donors (Lipinski definition) is 0. The van der Waals surface area contributed by atoms with Gasteiger partial charge in [0.2, 0.25) is 0 Å². The van der Waals surface area contributed by atoms with Crippen LogP contribution < -0.4 is 0 Å². The van der Waals surface area contributed by atoms with Gasteiger partial charge in [0.1, 0.15) is 9.84 Å². The highest BCUT2D eigenvalue weighted by Crippen LogP contribution is 2.31. The van der Waals surface area contributed by atoms with Gasteiger partial charge in [-0.05, 0) is 54.0 Å². The molecule has 1 aromatic carbocycles. The Balaban J connectivity index is 2.16. The van der Waals surface area contributed by atoms with Gasteiger partial charge in [0, 0.05) is 21.3 Å². The molecule has 0 radical (unpaired) electrons. The molecule has 0 saturated heterocycles. The van der Waals surface area contributed by atoms with Crippen LogP contribution in [0.2, 0.25) is 0 Å². The molecule has 0 amide bonds. The summed E-state index contributed by atoms with van der Waals surface area (Å²) in [6.45, 7) is 0. The number of benzene rings is 1. The van der Waals surface area contributed by atoms with Crippen molar-refractivity contribution in [1.29, 1.82) is 0 Å². The van der Waals surface area contributed by atoms with Crippen molar-refractivity contribution >= 4 is 38.2 Å². The molecule has 1 aliphatic rings. The first-order valence-corrected chi connectivity index (χ1v) is 9.40. The third kappa shape index (κ3) is 3.78. The second kappa shape index (κ2) is 5.91. The molecule has 0 bridgehead atoms. The van der Waals surface area contributed by atoms with Crippen molar-refractivity contribution in [2.24, 2.45) is 5.92 Å². The summed E-state index contributed by atoms with van der Waals surface area (Å²) in [6.07, 6.45) is 4.06. The molecule has 1 saturated carbocycles. The van der Waals surface area contributed by atoms with E-state index >= 15 is 0 Å². The summed E-state index contributed by atoms with van der Waals surface area (Å²) in [6, 6.07) is 7.49. The fraction of sp³-hybridized carbons (Fsp3) is 0.500. The van der Waals surface area contributed by atoms with Gasteiger partial charge in [0.05, 0.1) is 5.25 Å². The Kier molecular flexibility index (Phi) is 4.66. The van der Waals surface area contributed by atoms with E-state index in [1.807, 2.05) is 24.3 Å². The van der Waals surface area contributed by atoms with E-state index in [1.54, 1.807) is 0 Å². The first-order chi connectivity index (χ1) is 8.88. The van der Waals surface area contributed by atoms with Crippen LogP contribution in [0.1, 0.15) is 36.0 Å². The summed E-state index contributed by atoms with van der Waals surface area (Å²) in [5.41, 5.74) is 0.700. The zero-order valence-corrected chi connectivity index (χ0v) is 13.8. The van der Waals surface area contributed by atoms with E-state index in [-0.39, 0.29) is 17.0 Å².